The first-order chi connectivity index (χ1) is 69.4. The van der Waals surface area contributed by atoms with E-state index in [0.717, 1.165) is 102 Å². The Balaban J connectivity index is 0.000000182. The molecule has 148 heavy (non-hydrogen) atoms. The van der Waals surface area contributed by atoms with Crippen molar-refractivity contribution in [3.8, 4) is 40.2 Å². The number of sulfone groups is 3. The van der Waals surface area contributed by atoms with Crippen LogP contribution in [0.1, 0.15) is 134 Å². The van der Waals surface area contributed by atoms with Crippen molar-refractivity contribution in [2.75, 3.05) is 65.3 Å². The maximum absolute atomic E-state index is 13.6. The SMILES string of the molecule is COC(=O)C1=C(NS(=O)(=O)c2cccc(C(F)(F)F)c2)CCCC1.COC(=O)c1csc(Cl)c1NS(=O)(=O)c1cccc(C(C)(F)F)c1.COC(=O)c1scc(C)c1CS(=O)(=O)c1cccc(C)c1.COc1cc(NS(=O)(=O)c2cccc(C(C)(F)F)c2)c(-c2ncco2)cc1OC.COc1ccc(-c2nc(C)no2)c(CS(=O)(=O)c2cccc(C(C)(F)F)c2)c1.Cc1cccc(S(=O)(=O)Cc2ccccc2C2=NCCO2)c1. The van der Waals surface area contributed by atoms with Crippen LogP contribution < -0.4 is 28.4 Å². The van der Waals surface area contributed by atoms with Crippen molar-refractivity contribution in [2.24, 2.45) is 4.99 Å². The second-order valence-electron chi connectivity index (χ2n) is 32.6. The van der Waals surface area contributed by atoms with Gasteiger partial charge < -0.3 is 42.1 Å². The molecule has 0 spiro atoms. The first-order valence-corrected chi connectivity index (χ1v) is 55.1. The molecule has 13 aromatic rings. The van der Waals surface area contributed by atoms with E-state index in [1.54, 1.807) is 73.8 Å². The zero-order valence-electron chi connectivity index (χ0n) is 80.9. The molecule has 49 heteroatoms. The van der Waals surface area contributed by atoms with E-state index in [-0.39, 0.29) is 92.3 Å². The number of oxazole rings is 1. The molecular formula is C99H97ClF9N7O24S8. The Morgan fingerprint density at radius 2 is 0.953 bits per heavy atom. The molecule has 0 atom stereocenters. The number of thiophene rings is 2. The Bertz CT molecular complexity index is 7810. The third-order valence-corrected chi connectivity index (χ3v) is 33.0. The van der Waals surface area contributed by atoms with Crippen molar-refractivity contribution in [1.29, 1.82) is 0 Å². The highest BCUT2D eigenvalue weighted by Crippen LogP contribution is 2.43. The third-order valence-electron chi connectivity index (χ3n) is 21.6. The number of esters is 3. The van der Waals surface area contributed by atoms with E-state index >= 15 is 0 Å². The maximum Gasteiger partial charge on any atom is 0.416 e. The molecule has 0 radical (unpaired) electrons. The highest BCUT2D eigenvalue weighted by molar-refractivity contribution is 7.93. The Labute approximate surface area is 860 Å². The van der Waals surface area contributed by atoms with Crippen LogP contribution in [0.5, 0.6) is 17.2 Å². The monoisotopic (exact) mass is 2230 g/mol. The summed E-state index contributed by atoms with van der Waals surface area (Å²) in [5.74, 6) is -9.86. The largest absolute Gasteiger partial charge is 0.497 e. The number of sulfonamides is 3. The van der Waals surface area contributed by atoms with Gasteiger partial charge in [-0.3, -0.25) is 14.2 Å². The fourth-order valence-electron chi connectivity index (χ4n) is 14.0. The second kappa shape index (κ2) is 49.1. The van der Waals surface area contributed by atoms with Crippen molar-refractivity contribution in [1.82, 2.24) is 19.8 Å². The lowest BCUT2D eigenvalue weighted by Crippen LogP contribution is -2.28. The number of nitrogens with one attached hydrogen (secondary N) is 3. The smallest absolute Gasteiger partial charge is 0.416 e. The number of nitrogens with zero attached hydrogens (tertiary/aromatic N) is 4. The number of halogens is 10. The summed E-state index contributed by atoms with van der Waals surface area (Å²) in [5.41, 5.74) is 3.62. The number of rotatable bonds is 30. The number of methoxy groups -OCH3 is 6. The van der Waals surface area contributed by atoms with Crippen LogP contribution in [-0.2, 0) is 125 Å². The van der Waals surface area contributed by atoms with Gasteiger partial charge in [0.1, 0.15) is 27.8 Å². The van der Waals surface area contributed by atoms with Crippen LogP contribution in [-0.4, -0.2) is 145 Å². The van der Waals surface area contributed by atoms with Crippen LogP contribution >= 0.6 is 34.3 Å². The Morgan fingerprint density at radius 1 is 0.466 bits per heavy atom. The number of anilines is 2. The minimum absolute atomic E-state index is 0.0240. The van der Waals surface area contributed by atoms with E-state index in [9.17, 15) is 104 Å². The molecule has 0 fully saturated rings. The minimum Gasteiger partial charge on any atom is -0.497 e. The predicted octanol–water partition coefficient (Wildman–Crippen LogP) is 21.4. The number of aromatic nitrogens is 3. The van der Waals surface area contributed by atoms with E-state index in [1.165, 1.54) is 113 Å². The van der Waals surface area contributed by atoms with Crippen LogP contribution in [0.25, 0.3) is 22.9 Å². The van der Waals surface area contributed by atoms with Gasteiger partial charge in [-0.15, -0.1) is 22.7 Å². The quantitative estimate of drug-likeness (QED) is 0.0214. The van der Waals surface area contributed by atoms with Gasteiger partial charge in [-0.25, -0.2) is 101 Å². The first-order valence-electron chi connectivity index (χ1n) is 43.6. The summed E-state index contributed by atoms with van der Waals surface area (Å²) in [6.07, 6.45) is 0.122. The average Bonchev–Trinajstić information content (AvgIpc) is 1.40. The zero-order chi connectivity index (χ0) is 109. The van der Waals surface area contributed by atoms with Gasteiger partial charge in [-0.2, -0.15) is 18.2 Å². The summed E-state index contributed by atoms with van der Waals surface area (Å²) in [5, 5.41) is 6.83. The summed E-state index contributed by atoms with van der Waals surface area (Å²) in [7, 11) is -15.6. The lowest BCUT2D eigenvalue weighted by Gasteiger charge is -2.20. The van der Waals surface area contributed by atoms with Crippen molar-refractivity contribution in [2.45, 2.75) is 145 Å². The summed E-state index contributed by atoms with van der Waals surface area (Å²) in [4.78, 5) is 47.1. The summed E-state index contributed by atoms with van der Waals surface area (Å²) < 4.78 is 323. The zero-order valence-corrected chi connectivity index (χ0v) is 88.1. The fraction of sp³-hybridized carbons (Fsp3) is 0.263. The van der Waals surface area contributed by atoms with Crippen molar-refractivity contribution in [3.63, 3.8) is 0 Å². The molecule has 0 bridgehead atoms. The van der Waals surface area contributed by atoms with Crippen LogP contribution in [0, 0.1) is 27.7 Å². The maximum atomic E-state index is 13.6. The summed E-state index contributed by atoms with van der Waals surface area (Å²) in [6, 6.07) is 45.9. The number of carbonyl (C=O) groups is 3. The van der Waals surface area contributed by atoms with E-state index in [1.807, 2.05) is 50.2 Å². The van der Waals surface area contributed by atoms with E-state index in [4.69, 9.17) is 44.2 Å². The molecule has 31 nitrogen and oxygen atoms in total. The Kier molecular flexibility index (Phi) is 38.6. The number of allylic oxidation sites excluding steroid dienone is 1. The molecule has 1 aliphatic carbocycles. The fourth-order valence-corrected chi connectivity index (χ4v) is 24.1. The molecule has 9 aromatic carbocycles. The average molecular weight is 2230 g/mol. The van der Waals surface area contributed by atoms with E-state index in [0.29, 0.717) is 114 Å². The summed E-state index contributed by atoms with van der Waals surface area (Å²) >= 11 is 8.05. The number of ether oxygens (including phenoxy) is 7. The lowest BCUT2D eigenvalue weighted by molar-refractivity contribution is -0.138. The molecule has 15 rings (SSSR count). The number of alkyl halides is 9. The Morgan fingerprint density at radius 3 is 1.45 bits per heavy atom. The van der Waals surface area contributed by atoms with Gasteiger partial charge in [0.2, 0.25) is 11.8 Å². The molecule has 0 unspecified atom stereocenters. The van der Waals surface area contributed by atoms with Crippen LogP contribution in [0.2, 0.25) is 4.34 Å². The number of aliphatic imine (C=N–C) groups is 1. The van der Waals surface area contributed by atoms with E-state index in [2.05, 4.69) is 43.8 Å². The Hall–Kier alpha value is -13.5. The predicted molar refractivity (Wildman–Crippen MR) is 535 cm³/mol. The summed E-state index contributed by atoms with van der Waals surface area (Å²) in [6.45, 7) is 10.4. The number of aryl methyl sites for hydroxylation is 4. The molecule has 5 heterocycles. The molecular weight excluding hydrogens is 2130 g/mol. The molecule has 3 N–H and O–H groups in total. The van der Waals surface area contributed by atoms with Gasteiger partial charge in [0.05, 0.1) is 136 Å². The number of hydrogen-bond acceptors (Lipinski definition) is 30. The van der Waals surface area contributed by atoms with Crippen molar-refractivity contribution < 1.29 is 147 Å². The standard InChI is InChI=1S/C19H18F2N2O5S.C19H18F2N2O4S.C17H17NO3S.C15H16F3NO4S.C15H16O4S2.C14H12ClF2NO4S2/c1-19(20,21)12-5-4-6-13(9-12)29(24,25)23-15-11-17(27-3)16(26-2)10-14(15)18-22-7-8-28-18;1-12-22-18(27-23-12)17-8-7-15(26-3)9-13(17)11-28(24,25)16-6-4-5-14(10-16)19(2,20)21;1-13-5-4-7-15(11-13)22(19,20)12-14-6-2-3-8-16(14)17-18-9-10-21-17;1-23-14(20)12-7-2-3-8-13(12)19-24(21,22)11-6-4-5-10(9-11)15(16,17)18;1-10-5-4-6-12(7-10)21(17,18)9-13-11(2)8-20-14(13)15(16)19-3;1-14(16,17)8-4-3-5-9(6-8)24(20,21)18-11-10(13(19)22-2)7-23-12(11)15/h4-11,23H,1-3H3;4-10H,11H2,1-3H3;2-8,11H,9-10,12H2,1H3;4-6,9,19H,2-3,7-8H2,1H3;4-8H,9H2,1-3H3;3-7,18H,1-2H3. The topological polar surface area (TPSA) is 434 Å². The first kappa shape index (κ1) is 116. The second-order valence-corrected chi connectivity index (χ2v) is 46.0. The molecule has 0 saturated carbocycles. The molecule has 2 aliphatic rings. The normalized spacial score (nSPS) is 13.0. The van der Waals surface area contributed by atoms with Crippen molar-refractivity contribution >= 4 is 129 Å². The molecule has 4 aromatic heterocycles. The molecule has 1 aliphatic heterocycles. The van der Waals surface area contributed by atoms with Crippen molar-refractivity contribution in [3.05, 3.63) is 316 Å². The molecule has 0 saturated heterocycles. The van der Waals surface area contributed by atoms with Gasteiger partial charge in [0.15, 0.2) is 46.8 Å². The van der Waals surface area contributed by atoms with Gasteiger partial charge in [-0.05, 0) is 201 Å². The number of carbonyl (C=O) groups excluding carboxylic acids is 3. The van der Waals surface area contributed by atoms with Crippen LogP contribution in [0.3, 0.4) is 0 Å². The van der Waals surface area contributed by atoms with Crippen LogP contribution in [0.15, 0.2) is 278 Å². The highest BCUT2D eigenvalue weighted by Gasteiger charge is 2.36. The minimum atomic E-state index is -4.65. The lowest BCUT2D eigenvalue weighted by atomic mass is 9.97. The molecule has 0 amide bonds. The molecule has 790 valence electrons. The number of benzene rings is 9. The third kappa shape index (κ3) is 30.9. The van der Waals surface area contributed by atoms with Gasteiger partial charge in [-0.1, -0.05) is 102 Å². The van der Waals surface area contributed by atoms with Gasteiger partial charge >= 0.3 is 24.1 Å². The number of hydrogen-bond donors (Lipinski definition) is 3. The van der Waals surface area contributed by atoms with E-state index < -0.39 is 129 Å². The van der Waals surface area contributed by atoms with Gasteiger partial charge in [0, 0.05) is 65.7 Å². The van der Waals surface area contributed by atoms with Crippen LogP contribution in [0.4, 0.5) is 50.9 Å². The highest BCUT2D eigenvalue weighted by atomic mass is 35.5. The van der Waals surface area contributed by atoms with Gasteiger partial charge in [0.25, 0.3) is 53.7 Å².